The molecular weight excluding hydrogens is 836 g/mol. The van der Waals surface area contributed by atoms with Gasteiger partial charge in [0.05, 0.1) is 30.8 Å². The lowest BCUT2D eigenvalue weighted by Gasteiger charge is -2.67. The first-order valence-corrected chi connectivity index (χ1v) is 23.8. The Morgan fingerprint density at radius 1 is 0.641 bits per heavy atom. The molecule has 6 fully saturated rings. The van der Waals surface area contributed by atoms with E-state index in [9.17, 15) is 55.9 Å². The molecule has 366 valence electrons. The van der Waals surface area contributed by atoms with Gasteiger partial charge < -0.3 is 79.5 Å². The Balaban J connectivity index is 0.979. The number of hydrogen-bond donors (Lipinski definition) is 10. The van der Waals surface area contributed by atoms with Crippen molar-refractivity contribution < 1.29 is 84.3 Å². The van der Waals surface area contributed by atoms with Gasteiger partial charge in [-0.2, -0.15) is 0 Å². The molecule has 22 atom stereocenters. The number of esters is 1. The fourth-order valence-corrected chi connectivity index (χ4v) is 14.5. The Morgan fingerprint density at radius 3 is 1.95 bits per heavy atom. The van der Waals surface area contributed by atoms with Crippen molar-refractivity contribution >= 4 is 5.97 Å². The summed E-state index contributed by atoms with van der Waals surface area (Å²) < 4.78 is 35.6. The van der Waals surface area contributed by atoms with Crippen molar-refractivity contribution in [2.45, 2.75) is 217 Å². The molecule has 0 aromatic rings. The molecule has 0 aromatic carbocycles. The molecule has 8 rings (SSSR count). The lowest BCUT2D eigenvalue weighted by Crippen LogP contribution is -2.64. The van der Waals surface area contributed by atoms with Crippen LogP contribution in [0.5, 0.6) is 0 Å². The fraction of sp³-hybridized carbons (Fsp3) is 0.936. The Kier molecular flexibility index (Phi) is 13.4. The van der Waals surface area contributed by atoms with Gasteiger partial charge in [0, 0.05) is 0 Å². The van der Waals surface area contributed by atoms with Crippen LogP contribution in [-0.4, -0.2) is 168 Å². The summed E-state index contributed by atoms with van der Waals surface area (Å²) in [5.41, 5.74) is 1.51. The summed E-state index contributed by atoms with van der Waals surface area (Å²) in [6.07, 6.45) is -13.0. The lowest BCUT2D eigenvalue weighted by atomic mass is 9.38. The zero-order valence-electron chi connectivity index (χ0n) is 38.5. The predicted octanol–water partition coefficient (Wildman–Crippen LogP) is 0.922. The van der Waals surface area contributed by atoms with Crippen molar-refractivity contribution in [1.29, 1.82) is 0 Å². The van der Waals surface area contributed by atoms with Crippen molar-refractivity contribution in [2.75, 3.05) is 13.2 Å². The average Bonchev–Trinajstić information content (AvgIpc) is 3.24. The van der Waals surface area contributed by atoms with Crippen molar-refractivity contribution in [3.63, 3.8) is 0 Å². The van der Waals surface area contributed by atoms with Crippen molar-refractivity contribution in [3.05, 3.63) is 11.1 Å². The number of carbonyl (C=O) groups excluding carboxylic acids is 1. The number of ether oxygens (including phenoxy) is 6. The first kappa shape index (κ1) is 49.0. The molecule has 0 amide bonds. The van der Waals surface area contributed by atoms with Crippen LogP contribution in [0.4, 0.5) is 0 Å². The Hall–Kier alpha value is -1.39. The molecule has 17 nitrogen and oxygen atoms in total. The van der Waals surface area contributed by atoms with Crippen LogP contribution in [0, 0.1) is 44.8 Å². The summed E-state index contributed by atoms with van der Waals surface area (Å²) in [5, 5.41) is 105. The summed E-state index contributed by atoms with van der Waals surface area (Å²) in [7, 11) is 0. The van der Waals surface area contributed by atoms with Crippen LogP contribution in [0.3, 0.4) is 0 Å². The Labute approximate surface area is 376 Å². The highest BCUT2D eigenvalue weighted by atomic mass is 16.7. The Morgan fingerprint density at radius 2 is 1.27 bits per heavy atom. The van der Waals surface area contributed by atoms with Crippen LogP contribution in [0.15, 0.2) is 11.1 Å². The number of hydrogen-bond acceptors (Lipinski definition) is 17. The second kappa shape index (κ2) is 17.5. The van der Waals surface area contributed by atoms with E-state index >= 15 is 0 Å². The fourth-order valence-electron chi connectivity index (χ4n) is 14.5. The molecule has 17 heteroatoms. The van der Waals surface area contributed by atoms with Gasteiger partial charge in [0.15, 0.2) is 12.6 Å². The van der Waals surface area contributed by atoms with E-state index in [1.54, 1.807) is 6.92 Å². The van der Waals surface area contributed by atoms with E-state index in [0.29, 0.717) is 25.2 Å². The maximum Gasteiger partial charge on any atom is 0.315 e. The molecule has 0 spiro atoms. The summed E-state index contributed by atoms with van der Waals surface area (Å²) >= 11 is 0. The molecule has 8 aliphatic rings. The first-order valence-electron chi connectivity index (χ1n) is 23.8. The molecule has 3 aliphatic heterocycles. The SMILES string of the molecule is C[C@H]1O[C@@H](OC(=O)[C@@]23CCC4=C(CC[C@@H]5[C@]6(C)CC[C@H](O[C@@H]7O[C@H](CO[C@@H]8O[C@H](CO)[C@@H](O)[C@H](O)[C@H]8O)[C@@H](O)[C@H](O)[C@H]7O)C(C)(C)[C@@H]6CC[C@@]45C)[C@@H]2CC(C)(C)CC3)[C@H](O)[C@@H](O)[C@@H]1O. The van der Waals surface area contributed by atoms with E-state index in [1.807, 2.05) is 0 Å². The van der Waals surface area contributed by atoms with Gasteiger partial charge in [0.2, 0.25) is 6.29 Å². The van der Waals surface area contributed by atoms with Gasteiger partial charge in [0.1, 0.15) is 67.1 Å². The first-order chi connectivity index (χ1) is 29.9. The molecule has 5 aliphatic carbocycles. The standard InChI is InChI=1S/C47H76O17/c1-21-30(49)33(52)37(56)40(60-21)64-42(58)47-15-10-23-22(24(47)18-43(2,3)16-17-47)8-9-28-45(23,6)13-11-27-44(4,5)29(12-14-46(27,28)7)63-41-38(57)35(54)32(51)26(62-41)20-59-39-36(55)34(53)31(50)25(19-48)61-39/h21,24-41,48-57H,8-20H2,1-7H3/t21-,24+,25-,26-,27+,28+,29+,30-,31-,32-,33+,34+,35+,36-,37-,38-,39-,40+,41+,45+,46-,47-/m1/s1. The summed E-state index contributed by atoms with van der Waals surface area (Å²) in [6.45, 7) is 14.3. The molecule has 3 saturated carbocycles. The van der Waals surface area contributed by atoms with Crippen LogP contribution < -0.4 is 0 Å². The third kappa shape index (κ3) is 7.95. The minimum atomic E-state index is -1.67. The molecule has 0 radical (unpaired) electrons. The van der Waals surface area contributed by atoms with Gasteiger partial charge in [-0.05, 0) is 117 Å². The number of aliphatic hydroxyl groups excluding tert-OH is 10. The van der Waals surface area contributed by atoms with Gasteiger partial charge in [-0.1, -0.05) is 52.7 Å². The highest BCUT2D eigenvalue weighted by molar-refractivity contribution is 5.79. The van der Waals surface area contributed by atoms with E-state index < -0.39 is 122 Å². The largest absolute Gasteiger partial charge is 0.432 e. The van der Waals surface area contributed by atoms with Crippen LogP contribution in [0.25, 0.3) is 0 Å². The van der Waals surface area contributed by atoms with E-state index in [2.05, 4.69) is 41.5 Å². The van der Waals surface area contributed by atoms with E-state index in [1.165, 1.54) is 11.1 Å². The zero-order valence-corrected chi connectivity index (χ0v) is 38.5. The third-order valence-electron chi connectivity index (χ3n) is 18.4. The van der Waals surface area contributed by atoms with Crippen LogP contribution in [-0.2, 0) is 33.2 Å². The number of allylic oxidation sites excluding steroid dienone is 2. The predicted molar refractivity (Wildman–Crippen MR) is 224 cm³/mol. The summed E-state index contributed by atoms with van der Waals surface area (Å²) in [6, 6.07) is 0. The number of fused-ring (bicyclic) bond motifs is 6. The highest BCUT2D eigenvalue weighted by Gasteiger charge is 2.66. The molecule has 64 heavy (non-hydrogen) atoms. The lowest BCUT2D eigenvalue weighted by molar-refractivity contribution is -0.344. The van der Waals surface area contributed by atoms with Gasteiger partial charge in [-0.15, -0.1) is 0 Å². The van der Waals surface area contributed by atoms with E-state index in [-0.39, 0.29) is 34.2 Å². The molecule has 3 heterocycles. The van der Waals surface area contributed by atoms with Crippen LogP contribution in [0.1, 0.15) is 119 Å². The number of aliphatic hydroxyl groups is 10. The average molecular weight is 913 g/mol. The summed E-state index contributed by atoms with van der Waals surface area (Å²) in [5.74, 6) is 0.146. The highest BCUT2D eigenvalue weighted by Crippen LogP contribution is 2.72. The monoisotopic (exact) mass is 913 g/mol. The van der Waals surface area contributed by atoms with Crippen molar-refractivity contribution in [1.82, 2.24) is 0 Å². The van der Waals surface area contributed by atoms with Crippen LogP contribution >= 0.6 is 0 Å². The zero-order chi connectivity index (χ0) is 46.6. The van der Waals surface area contributed by atoms with Crippen molar-refractivity contribution in [3.8, 4) is 0 Å². The maximum atomic E-state index is 14.5. The second-order valence-electron chi connectivity index (χ2n) is 22.8. The normalized spacial score (nSPS) is 52.4. The van der Waals surface area contributed by atoms with Gasteiger partial charge in [-0.3, -0.25) is 4.79 Å². The van der Waals surface area contributed by atoms with Crippen molar-refractivity contribution in [2.24, 2.45) is 44.8 Å². The van der Waals surface area contributed by atoms with Gasteiger partial charge >= 0.3 is 5.97 Å². The van der Waals surface area contributed by atoms with E-state index in [4.69, 9.17) is 28.4 Å². The van der Waals surface area contributed by atoms with Gasteiger partial charge in [0.25, 0.3) is 0 Å². The van der Waals surface area contributed by atoms with Crippen LogP contribution in [0.2, 0.25) is 0 Å². The molecule has 3 saturated heterocycles. The third-order valence-corrected chi connectivity index (χ3v) is 18.4. The molecular formula is C47H76O17. The summed E-state index contributed by atoms with van der Waals surface area (Å²) in [4.78, 5) is 14.5. The number of carbonyl (C=O) groups is 1. The quantitative estimate of drug-likeness (QED) is 0.0922. The topological polar surface area (TPSA) is 275 Å². The van der Waals surface area contributed by atoms with E-state index in [0.717, 1.165) is 51.4 Å². The second-order valence-corrected chi connectivity index (χ2v) is 22.8. The number of rotatable bonds is 8. The minimum Gasteiger partial charge on any atom is -0.432 e. The maximum absolute atomic E-state index is 14.5. The molecule has 0 unspecified atom stereocenters. The Bertz CT molecular complexity index is 1740. The molecule has 0 bridgehead atoms. The smallest absolute Gasteiger partial charge is 0.315 e. The molecule has 0 aromatic heterocycles. The van der Waals surface area contributed by atoms with Gasteiger partial charge in [-0.25, -0.2) is 0 Å². The minimum absolute atomic E-state index is 0.00443. The molecule has 10 N–H and O–H groups in total.